The molecule has 5 rings (SSSR count). The first-order chi connectivity index (χ1) is 11.6. The first-order valence-electron chi connectivity index (χ1n) is 8.59. The van der Waals surface area contributed by atoms with Crippen molar-refractivity contribution in [1.29, 1.82) is 0 Å². The van der Waals surface area contributed by atoms with E-state index in [4.69, 9.17) is 6.36 Å². The summed E-state index contributed by atoms with van der Waals surface area (Å²) in [6, 6.07) is 0. The average molecular weight is 308 g/mol. The molecule has 5 heteroatoms. The van der Waals surface area contributed by atoms with Crippen LogP contribution in [0.15, 0.2) is 22.1 Å². The van der Waals surface area contributed by atoms with Gasteiger partial charge in [-0.2, -0.15) is 0 Å². The van der Waals surface area contributed by atoms with E-state index in [-0.39, 0.29) is 11.5 Å². The third kappa shape index (κ3) is 1.59. The van der Waals surface area contributed by atoms with Gasteiger partial charge in [-0.15, -0.1) is 0 Å². The highest BCUT2D eigenvalue weighted by atomic mass is 16.3. The average Bonchev–Trinajstić information content (AvgIpc) is 3.02. The maximum absolute atomic E-state index is 11.8. The Morgan fingerprint density at radius 2 is 2.30 bits per heavy atom. The van der Waals surface area contributed by atoms with Gasteiger partial charge in [-0.1, -0.05) is 6.08 Å². The minimum atomic E-state index is -0.758. The van der Waals surface area contributed by atoms with Gasteiger partial charge >= 0.3 is 0 Å². The van der Waals surface area contributed by atoms with E-state index in [1.165, 1.54) is 6.08 Å². The number of aromatic hydroxyl groups is 1. The predicted molar refractivity (Wildman–Crippen MR) is 88.1 cm³/mol. The number of hydrogen-bond acceptors (Lipinski definition) is 5. The van der Waals surface area contributed by atoms with E-state index >= 15 is 0 Å². The van der Waals surface area contributed by atoms with Crippen LogP contribution in [0.25, 0.3) is 5.57 Å². The van der Waals surface area contributed by atoms with Crippen molar-refractivity contribution in [1.82, 2.24) is 0 Å². The van der Waals surface area contributed by atoms with Crippen molar-refractivity contribution in [3.05, 3.63) is 28.3 Å². The second-order valence-electron chi connectivity index (χ2n) is 6.56. The van der Waals surface area contributed by atoms with Gasteiger partial charge in [0.1, 0.15) is 5.69 Å². The third-order valence-corrected chi connectivity index (χ3v) is 5.35. The summed E-state index contributed by atoms with van der Waals surface area (Å²) in [7, 11) is 0. The maximum Gasteiger partial charge on any atom is 0.165 e. The summed E-state index contributed by atoms with van der Waals surface area (Å²) in [4.78, 5) is 21.0. The SMILES string of the molecule is [2H]C1CC2(C=CC1=O)CCNc1c(O)c3c4c(c12)=NCCC=4C=N3. The number of anilines is 1. The number of allylic oxidation sites excluding steroid dienone is 2. The van der Waals surface area contributed by atoms with Crippen LogP contribution in [0.2, 0.25) is 0 Å². The van der Waals surface area contributed by atoms with Gasteiger partial charge in [0.2, 0.25) is 0 Å². The van der Waals surface area contributed by atoms with Crippen molar-refractivity contribution < 1.29 is 11.3 Å². The largest absolute Gasteiger partial charge is 0.504 e. The Hall–Kier alpha value is -2.43. The zero-order valence-electron chi connectivity index (χ0n) is 13.6. The Labute approximate surface area is 134 Å². The molecule has 0 bridgehead atoms. The molecule has 1 aromatic carbocycles. The van der Waals surface area contributed by atoms with E-state index in [1.807, 2.05) is 12.3 Å². The van der Waals surface area contributed by atoms with Crippen LogP contribution in [0.3, 0.4) is 0 Å². The summed E-state index contributed by atoms with van der Waals surface area (Å²) in [5, 5.41) is 15.9. The molecule has 0 saturated carbocycles. The number of aliphatic imine (C=N–C) groups is 1. The van der Waals surface area contributed by atoms with Gasteiger partial charge in [0.15, 0.2) is 11.5 Å². The molecule has 2 N–H and O–H groups in total. The molecule has 4 aliphatic rings. The fraction of sp³-hybridized carbons (Fsp3) is 0.389. The summed E-state index contributed by atoms with van der Waals surface area (Å²) in [6.45, 7) is 1.39. The normalized spacial score (nSPS) is 30.6. The number of phenols is 1. The number of fused-ring (bicyclic) bond motifs is 3. The number of carbonyl (C=O) groups excluding carboxylic acids is 1. The lowest BCUT2D eigenvalue weighted by atomic mass is 9.68. The lowest BCUT2D eigenvalue weighted by Crippen LogP contribution is -2.45. The van der Waals surface area contributed by atoms with Gasteiger partial charge < -0.3 is 10.4 Å². The second-order valence-corrected chi connectivity index (χ2v) is 6.56. The highest BCUT2D eigenvalue weighted by Crippen LogP contribution is 2.47. The van der Waals surface area contributed by atoms with E-state index in [0.717, 1.165) is 34.6 Å². The molecular weight excluding hydrogens is 290 g/mol. The highest BCUT2D eigenvalue weighted by Gasteiger charge is 2.41. The van der Waals surface area contributed by atoms with Crippen molar-refractivity contribution in [3.63, 3.8) is 0 Å². The van der Waals surface area contributed by atoms with E-state index in [9.17, 15) is 9.90 Å². The van der Waals surface area contributed by atoms with Crippen LogP contribution in [-0.2, 0) is 10.2 Å². The van der Waals surface area contributed by atoms with Crippen molar-refractivity contribution in [2.75, 3.05) is 18.4 Å². The third-order valence-electron chi connectivity index (χ3n) is 5.35. The van der Waals surface area contributed by atoms with Crippen molar-refractivity contribution in [2.24, 2.45) is 9.98 Å². The van der Waals surface area contributed by atoms with Gasteiger partial charge in [-0.05, 0) is 30.9 Å². The van der Waals surface area contributed by atoms with Crippen LogP contribution < -0.4 is 15.9 Å². The minimum absolute atomic E-state index is 0.146. The molecule has 0 fully saturated rings. The van der Waals surface area contributed by atoms with E-state index in [2.05, 4.69) is 10.3 Å². The number of carbonyl (C=O) groups is 1. The number of benzene rings is 1. The minimum Gasteiger partial charge on any atom is -0.504 e. The Bertz CT molecular complexity index is 979. The lowest BCUT2D eigenvalue weighted by molar-refractivity contribution is -0.115. The zero-order valence-corrected chi connectivity index (χ0v) is 12.6. The van der Waals surface area contributed by atoms with Gasteiger partial charge in [0, 0.05) is 43.3 Å². The molecule has 1 spiro atoms. The van der Waals surface area contributed by atoms with Crippen LogP contribution in [0, 0.1) is 0 Å². The van der Waals surface area contributed by atoms with E-state index in [0.29, 0.717) is 30.9 Å². The van der Waals surface area contributed by atoms with Crippen molar-refractivity contribution in [3.8, 4) is 5.75 Å². The molecule has 23 heavy (non-hydrogen) atoms. The number of phenolic OH excluding ortho intramolecular Hbond substituents is 1. The molecule has 0 amide bonds. The Morgan fingerprint density at radius 3 is 3.17 bits per heavy atom. The number of hydrogen-bond donors (Lipinski definition) is 2. The highest BCUT2D eigenvalue weighted by molar-refractivity contribution is 6.08. The number of nitrogens with zero attached hydrogens (tertiary/aromatic N) is 2. The number of nitrogens with one attached hydrogen (secondary N) is 1. The van der Waals surface area contributed by atoms with Crippen LogP contribution in [0.5, 0.6) is 5.75 Å². The molecule has 1 aliphatic carbocycles. The summed E-state index contributed by atoms with van der Waals surface area (Å²) in [6.07, 6.45) is 6.60. The summed E-state index contributed by atoms with van der Waals surface area (Å²) < 4.78 is 8.12. The second kappa shape index (κ2) is 4.31. The molecule has 2 unspecified atom stereocenters. The van der Waals surface area contributed by atoms with Crippen LogP contribution in [-0.4, -0.2) is 30.2 Å². The smallest absolute Gasteiger partial charge is 0.165 e. The fourth-order valence-electron chi connectivity index (χ4n) is 4.21. The van der Waals surface area contributed by atoms with Gasteiger partial charge in [0.05, 0.1) is 11.0 Å². The van der Waals surface area contributed by atoms with Gasteiger partial charge in [0.25, 0.3) is 0 Å². The van der Waals surface area contributed by atoms with Crippen molar-refractivity contribution in [2.45, 2.75) is 31.1 Å². The van der Waals surface area contributed by atoms with Gasteiger partial charge in [-0.25, -0.2) is 0 Å². The molecule has 3 aliphatic heterocycles. The van der Waals surface area contributed by atoms with Crippen molar-refractivity contribution >= 4 is 28.9 Å². The number of rotatable bonds is 0. The Kier molecular flexibility index (Phi) is 2.26. The Morgan fingerprint density at radius 1 is 1.39 bits per heavy atom. The molecule has 0 radical (unpaired) electrons. The molecular formula is C18H17N3O2. The fourth-order valence-corrected chi connectivity index (χ4v) is 4.21. The predicted octanol–water partition coefficient (Wildman–Crippen LogP) is 1.25. The van der Waals surface area contributed by atoms with Crippen LogP contribution in [0.1, 0.15) is 32.6 Å². The first kappa shape index (κ1) is 12.0. The van der Waals surface area contributed by atoms with Crippen LogP contribution in [0.4, 0.5) is 11.4 Å². The molecule has 0 saturated heterocycles. The molecule has 0 aromatic heterocycles. The van der Waals surface area contributed by atoms with E-state index < -0.39 is 11.8 Å². The zero-order chi connectivity index (χ0) is 16.5. The quantitative estimate of drug-likeness (QED) is 0.709. The van der Waals surface area contributed by atoms with E-state index in [1.54, 1.807) is 0 Å². The molecule has 5 nitrogen and oxygen atoms in total. The molecule has 1 aromatic rings. The first-order valence-corrected chi connectivity index (χ1v) is 8.01. The molecule has 2 atom stereocenters. The molecule has 3 heterocycles. The topological polar surface area (TPSA) is 74.0 Å². The Balaban J connectivity index is 1.90. The summed E-state index contributed by atoms with van der Waals surface area (Å²) in [5.41, 5.74) is 2.91. The monoisotopic (exact) mass is 308 g/mol. The lowest BCUT2D eigenvalue weighted by Gasteiger charge is -2.39. The summed E-state index contributed by atoms with van der Waals surface area (Å²) >= 11 is 0. The number of ketones is 1. The maximum atomic E-state index is 11.8. The van der Waals surface area contributed by atoms with Crippen LogP contribution >= 0.6 is 0 Å². The van der Waals surface area contributed by atoms with Gasteiger partial charge in [-0.3, -0.25) is 14.8 Å². The molecule has 116 valence electrons. The summed E-state index contributed by atoms with van der Waals surface area (Å²) in [5.74, 6) is 0.0188. The standard InChI is InChI=1S/C18H17N3O2/c22-11-1-4-18(5-2-11)6-8-20-16-13(18)14-12-10(3-7-19-14)9-21-15(12)17(16)23/h1,4,9,20,23H,2-3,5-8H2/i2D.